The largest absolute Gasteiger partial charge is 0.507 e. The monoisotopic (exact) mass is 523 g/mol. The second-order valence-corrected chi connectivity index (χ2v) is 8.44. The number of likely N-dealkylation sites (tertiary alicyclic amines) is 1. The molecule has 0 radical (unpaired) electrons. The second kappa shape index (κ2) is 10.0. The summed E-state index contributed by atoms with van der Waals surface area (Å²) in [5.41, 5.74) is 0.981. The number of ketones is 1. The number of carbonyl (C=O) groups excluding carboxylic acids is 2. The summed E-state index contributed by atoms with van der Waals surface area (Å²) in [6.45, 7) is 3.98. The number of halogens is 1. The van der Waals surface area contributed by atoms with Crippen molar-refractivity contribution in [3.05, 3.63) is 100 Å². The van der Waals surface area contributed by atoms with Gasteiger partial charge in [0.15, 0.2) is 11.5 Å². The number of Topliss-reactive ketones (excluding diaryl/α,β-unsaturated/α-hetero) is 1. The van der Waals surface area contributed by atoms with Gasteiger partial charge < -0.3 is 23.9 Å². The minimum Gasteiger partial charge on any atom is -0.507 e. The number of amides is 1. The van der Waals surface area contributed by atoms with Crippen LogP contribution in [-0.2, 0) is 16.1 Å². The highest BCUT2D eigenvalue weighted by atomic mass is 79.9. The van der Waals surface area contributed by atoms with Crippen molar-refractivity contribution in [1.82, 2.24) is 4.90 Å². The minimum atomic E-state index is -0.865. The molecule has 1 atom stereocenters. The van der Waals surface area contributed by atoms with Gasteiger partial charge in [-0.3, -0.25) is 9.59 Å². The van der Waals surface area contributed by atoms with Crippen molar-refractivity contribution in [2.45, 2.75) is 12.6 Å². The zero-order valence-electron chi connectivity index (χ0n) is 18.4. The van der Waals surface area contributed by atoms with Crippen LogP contribution in [-0.4, -0.2) is 35.4 Å². The molecule has 2 heterocycles. The summed E-state index contributed by atoms with van der Waals surface area (Å²) >= 11 is 3.36. The maximum atomic E-state index is 13.2. The highest BCUT2D eigenvalue weighted by Crippen LogP contribution is 2.42. The van der Waals surface area contributed by atoms with Gasteiger partial charge in [0.2, 0.25) is 0 Å². The molecule has 174 valence electrons. The maximum Gasteiger partial charge on any atom is 0.296 e. The van der Waals surface area contributed by atoms with E-state index in [1.165, 1.54) is 18.3 Å². The first-order valence-electron chi connectivity index (χ1n) is 10.4. The summed E-state index contributed by atoms with van der Waals surface area (Å²) in [6, 6.07) is 14.5. The molecule has 1 N–H and O–H groups in total. The SMILES string of the molecule is C=CCOc1ccc(C2C(=C(O)c3ccc(Br)cc3)C(=O)C(=O)N2Cc2ccco2)cc1OC. The molecule has 0 spiro atoms. The third-order valence-electron chi connectivity index (χ3n) is 5.42. The second-order valence-electron chi connectivity index (χ2n) is 7.52. The van der Waals surface area contributed by atoms with Crippen LogP contribution in [0.5, 0.6) is 11.5 Å². The van der Waals surface area contributed by atoms with Crippen LogP contribution in [0.4, 0.5) is 0 Å². The maximum absolute atomic E-state index is 13.2. The van der Waals surface area contributed by atoms with Crippen LogP contribution in [0.25, 0.3) is 5.76 Å². The number of carbonyl (C=O) groups is 2. The molecule has 8 heteroatoms. The Morgan fingerprint density at radius 2 is 1.94 bits per heavy atom. The topological polar surface area (TPSA) is 89.2 Å². The lowest BCUT2D eigenvalue weighted by molar-refractivity contribution is -0.140. The molecule has 3 aromatic rings. The number of nitrogens with zero attached hydrogens (tertiary/aromatic N) is 1. The predicted octanol–water partition coefficient (Wildman–Crippen LogP) is 5.24. The van der Waals surface area contributed by atoms with Crippen LogP contribution < -0.4 is 9.47 Å². The highest BCUT2D eigenvalue weighted by Gasteiger charge is 2.46. The minimum absolute atomic E-state index is 0.0132. The van der Waals surface area contributed by atoms with E-state index in [-0.39, 0.29) is 24.5 Å². The third kappa shape index (κ3) is 4.49. The summed E-state index contributed by atoms with van der Waals surface area (Å²) < 4.78 is 17.4. The lowest BCUT2D eigenvalue weighted by atomic mass is 9.95. The van der Waals surface area contributed by atoms with Gasteiger partial charge in [0.1, 0.15) is 18.1 Å². The van der Waals surface area contributed by atoms with E-state index >= 15 is 0 Å². The first kappa shape index (κ1) is 23.4. The molecule has 1 aromatic heterocycles. The van der Waals surface area contributed by atoms with E-state index in [0.29, 0.717) is 28.4 Å². The molecule has 1 amide bonds. The number of aliphatic hydroxyl groups is 1. The van der Waals surface area contributed by atoms with Gasteiger partial charge in [-0.25, -0.2) is 0 Å². The quantitative estimate of drug-likeness (QED) is 0.188. The van der Waals surface area contributed by atoms with Crippen LogP contribution in [0.1, 0.15) is 22.9 Å². The summed E-state index contributed by atoms with van der Waals surface area (Å²) in [5.74, 6) is -0.347. The van der Waals surface area contributed by atoms with Crippen LogP contribution in [0.2, 0.25) is 0 Å². The van der Waals surface area contributed by atoms with Crippen molar-refractivity contribution < 1.29 is 28.6 Å². The molecule has 1 fully saturated rings. The number of furan rings is 1. The highest BCUT2D eigenvalue weighted by molar-refractivity contribution is 9.10. The summed E-state index contributed by atoms with van der Waals surface area (Å²) in [7, 11) is 1.50. The Balaban J connectivity index is 1.86. The molecule has 0 saturated carbocycles. The fourth-order valence-corrected chi connectivity index (χ4v) is 4.11. The third-order valence-corrected chi connectivity index (χ3v) is 5.95. The van der Waals surface area contributed by atoms with Crippen molar-refractivity contribution in [2.24, 2.45) is 0 Å². The molecule has 7 nitrogen and oxygen atoms in total. The van der Waals surface area contributed by atoms with Gasteiger partial charge in [0, 0.05) is 10.0 Å². The summed E-state index contributed by atoms with van der Waals surface area (Å²) in [4.78, 5) is 27.6. The smallest absolute Gasteiger partial charge is 0.296 e. The standard InChI is InChI=1S/C26H22BrNO6/c1-3-12-34-20-11-8-17(14-21(20)32-2)23-22(24(29)16-6-9-18(27)10-7-16)25(30)26(31)28(23)15-19-5-4-13-33-19/h3-11,13-14,23,29H,1,12,15H2,2H3. The number of ether oxygens (including phenoxy) is 2. The molecule has 1 aliphatic rings. The molecule has 0 aliphatic carbocycles. The molecule has 1 saturated heterocycles. The summed E-state index contributed by atoms with van der Waals surface area (Å²) in [6.07, 6.45) is 3.11. The van der Waals surface area contributed by atoms with Crippen molar-refractivity contribution in [2.75, 3.05) is 13.7 Å². The number of aliphatic hydroxyl groups excluding tert-OH is 1. The lowest BCUT2D eigenvalue weighted by Crippen LogP contribution is -2.29. The van der Waals surface area contributed by atoms with Gasteiger partial charge in [0.25, 0.3) is 11.7 Å². The normalized spacial score (nSPS) is 17.1. The predicted molar refractivity (Wildman–Crippen MR) is 129 cm³/mol. The van der Waals surface area contributed by atoms with Crippen molar-refractivity contribution >= 4 is 33.4 Å². The molecule has 1 unspecified atom stereocenters. The fourth-order valence-electron chi connectivity index (χ4n) is 3.85. The first-order valence-corrected chi connectivity index (χ1v) is 11.2. The average Bonchev–Trinajstić information content (AvgIpc) is 3.45. The van der Waals surface area contributed by atoms with E-state index in [2.05, 4.69) is 22.5 Å². The van der Waals surface area contributed by atoms with E-state index in [1.807, 2.05) is 0 Å². The summed E-state index contributed by atoms with van der Waals surface area (Å²) in [5, 5.41) is 11.1. The number of benzene rings is 2. The molecule has 0 bridgehead atoms. The number of methoxy groups -OCH3 is 1. The van der Waals surface area contributed by atoms with Gasteiger partial charge in [-0.05, 0) is 42.0 Å². The number of hydrogen-bond acceptors (Lipinski definition) is 6. The van der Waals surface area contributed by atoms with Crippen LogP contribution >= 0.6 is 15.9 Å². The van der Waals surface area contributed by atoms with Crippen molar-refractivity contribution in [3.63, 3.8) is 0 Å². The lowest BCUT2D eigenvalue weighted by Gasteiger charge is -2.25. The molecule has 1 aliphatic heterocycles. The van der Waals surface area contributed by atoms with Crippen molar-refractivity contribution in [3.8, 4) is 11.5 Å². The Morgan fingerprint density at radius 3 is 2.59 bits per heavy atom. The fraction of sp³-hybridized carbons (Fsp3) is 0.154. The molecule has 2 aromatic carbocycles. The van der Waals surface area contributed by atoms with E-state index < -0.39 is 17.7 Å². The Kier molecular flexibility index (Phi) is 6.88. The van der Waals surface area contributed by atoms with Crippen molar-refractivity contribution in [1.29, 1.82) is 0 Å². The zero-order chi connectivity index (χ0) is 24.2. The Bertz CT molecular complexity index is 1250. The molecule has 4 rings (SSSR count). The molecule has 34 heavy (non-hydrogen) atoms. The average molecular weight is 524 g/mol. The zero-order valence-corrected chi connectivity index (χ0v) is 19.9. The van der Waals surface area contributed by atoms with Gasteiger partial charge in [-0.1, -0.05) is 46.8 Å². The first-order chi connectivity index (χ1) is 16.4. The Morgan fingerprint density at radius 1 is 1.18 bits per heavy atom. The van der Waals surface area contributed by atoms with Gasteiger partial charge in [0.05, 0.1) is 31.5 Å². The van der Waals surface area contributed by atoms with Gasteiger partial charge >= 0.3 is 0 Å². The van der Waals surface area contributed by atoms with E-state index in [4.69, 9.17) is 13.9 Å². The van der Waals surface area contributed by atoms with E-state index in [1.54, 1.807) is 60.7 Å². The van der Waals surface area contributed by atoms with Gasteiger partial charge in [-0.2, -0.15) is 0 Å². The van der Waals surface area contributed by atoms with Crippen LogP contribution in [0.15, 0.2) is 88.0 Å². The number of rotatable bonds is 8. The molecular weight excluding hydrogens is 502 g/mol. The van der Waals surface area contributed by atoms with Crippen LogP contribution in [0, 0.1) is 0 Å². The van der Waals surface area contributed by atoms with E-state index in [0.717, 1.165) is 4.47 Å². The van der Waals surface area contributed by atoms with Crippen LogP contribution in [0.3, 0.4) is 0 Å². The van der Waals surface area contributed by atoms with Gasteiger partial charge in [-0.15, -0.1) is 0 Å². The van der Waals surface area contributed by atoms with E-state index in [9.17, 15) is 14.7 Å². The Labute approximate surface area is 205 Å². The molecular formula is C26H22BrNO6. The number of hydrogen-bond donors (Lipinski definition) is 1. The Hall–Kier alpha value is -3.78.